The minimum atomic E-state index is 0.543. The van der Waals surface area contributed by atoms with E-state index >= 15 is 0 Å². The van der Waals surface area contributed by atoms with Crippen LogP contribution in [0.15, 0.2) is 0 Å². The molecule has 0 aliphatic rings. The zero-order valence-electron chi connectivity index (χ0n) is 3.70. The van der Waals surface area contributed by atoms with Crippen LogP contribution in [0.1, 0.15) is 0 Å². The summed E-state index contributed by atoms with van der Waals surface area (Å²) in [6.45, 7) is 0.568. The summed E-state index contributed by atoms with van der Waals surface area (Å²) in [7, 11) is 1.70. The first-order valence-corrected chi connectivity index (χ1v) is 2.29. The molecule has 0 saturated carbocycles. The van der Waals surface area contributed by atoms with E-state index in [0.717, 1.165) is 0 Å². The molecule has 0 radical (unpaired) electrons. The lowest BCUT2D eigenvalue weighted by Crippen LogP contribution is -2.08. The van der Waals surface area contributed by atoms with Crippen molar-refractivity contribution in [2.24, 2.45) is 0 Å². The lowest BCUT2D eigenvalue weighted by Gasteiger charge is -1.92. The summed E-state index contributed by atoms with van der Waals surface area (Å²) in [5.41, 5.74) is 2.48. The molecule has 0 heterocycles. The second-order valence-corrected chi connectivity index (χ2v) is 1.12. The first-order valence-electron chi connectivity index (χ1n) is 1.76. The van der Waals surface area contributed by atoms with Gasteiger partial charge in [-0.1, -0.05) is 0 Å². The lowest BCUT2D eigenvalue weighted by atomic mass is 10.9. The van der Waals surface area contributed by atoms with E-state index in [9.17, 15) is 0 Å². The molecule has 0 bridgehead atoms. The fraction of sp³-hybridized carbons (Fsp3) is 1.00. The predicted octanol–water partition coefficient (Wildman–Crippen LogP) is 0.376. The third-order valence-corrected chi connectivity index (χ3v) is 0.478. The number of rotatable bonds is 3. The van der Waals surface area contributed by atoms with Crippen molar-refractivity contribution >= 4 is 11.6 Å². The average molecular weight is 110 g/mol. The third kappa shape index (κ3) is 4.21. The molecule has 6 heavy (non-hydrogen) atoms. The normalized spacial score (nSPS) is 9.00. The highest BCUT2D eigenvalue weighted by molar-refractivity contribution is 6.17. The minimum Gasteiger partial charge on any atom is -0.301 e. The van der Waals surface area contributed by atoms with Crippen molar-refractivity contribution in [3.63, 3.8) is 0 Å². The maximum absolute atomic E-state index is 5.22. The molecule has 0 aromatic carbocycles. The molecule has 0 aliphatic heterocycles. The summed E-state index contributed by atoms with van der Waals surface area (Å²) >= 11 is 5.22. The van der Waals surface area contributed by atoms with E-state index in [2.05, 4.69) is 10.3 Å². The van der Waals surface area contributed by atoms with Gasteiger partial charge >= 0.3 is 0 Å². The first-order chi connectivity index (χ1) is 2.91. The quantitative estimate of drug-likeness (QED) is 0.321. The van der Waals surface area contributed by atoms with Crippen LogP contribution >= 0.6 is 11.6 Å². The molecule has 2 nitrogen and oxygen atoms in total. The van der Waals surface area contributed by atoms with Gasteiger partial charge in [-0.3, -0.25) is 0 Å². The Balaban J connectivity index is 2.34. The van der Waals surface area contributed by atoms with Crippen molar-refractivity contribution in [3.05, 3.63) is 0 Å². The number of alkyl halides is 1. The minimum absolute atomic E-state index is 0.543. The van der Waals surface area contributed by atoms with Crippen LogP contribution in [0.3, 0.4) is 0 Å². The number of nitrogens with one attached hydrogen (secondary N) is 1. The van der Waals surface area contributed by atoms with E-state index < -0.39 is 0 Å². The van der Waals surface area contributed by atoms with Crippen LogP contribution in [-0.2, 0) is 4.84 Å². The molecule has 0 amide bonds. The monoisotopic (exact) mass is 109 g/mol. The van der Waals surface area contributed by atoms with Gasteiger partial charge in [0.2, 0.25) is 0 Å². The maximum atomic E-state index is 5.22. The molecule has 0 saturated heterocycles. The maximum Gasteiger partial charge on any atom is 0.0817 e. The fourth-order valence-electron chi connectivity index (χ4n) is 0.141. The molecule has 38 valence electrons. The number of hydrogen-bond donors (Lipinski definition) is 1. The summed E-state index contributed by atoms with van der Waals surface area (Å²) in [4.78, 5) is 4.60. The van der Waals surface area contributed by atoms with Gasteiger partial charge in [0.25, 0.3) is 0 Å². The molecule has 0 spiro atoms. The Morgan fingerprint density at radius 3 is 2.67 bits per heavy atom. The van der Waals surface area contributed by atoms with Crippen LogP contribution < -0.4 is 5.48 Å². The van der Waals surface area contributed by atoms with Gasteiger partial charge in [-0.2, -0.15) is 0 Å². The zero-order chi connectivity index (χ0) is 4.83. The van der Waals surface area contributed by atoms with Crippen LogP contribution in [0.4, 0.5) is 0 Å². The third-order valence-electron chi connectivity index (χ3n) is 0.324. The van der Waals surface area contributed by atoms with Crippen molar-refractivity contribution in [3.8, 4) is 0 Å². The molecule has 0 fully saturated rings. The van der Waals surface area contributed by atoms with E-state index in [1.165, 1.54) is 0 Å². The van der Waals surface area contributed by atoms with Crippen LogP contribution in [0.25, 0.3) is 0 Å². The SMILES string of the molecule is CNOCCCl. The van der Waals surface area contributed by atoms with Crippen LogP contribution in [0.2, 0.25) is 0 Å². The van der Waals surface area contributed by atoms with Gasteiger partial charge in [0.05, 0.1) is 6.61 Å². The van der Waals surface area contributed by atoms with Crippen molar-refractivity contribution in [2.75, 3.05) is 19.5 Å². The van der Waals surface area contributed by atoms with Crippen molar-refractivity contribution in [2.45, 2.75) is 0 Å². The zero-order valence-corrected chi connectivity index (χ0v) is 4.46. The number of hydrogen-bond acceptors (Lipinski definition) is 2. The summed E-state index contributed by atoms with van der Waals surface area (Å²) < 4.78 is 0. The van der Waals surface area contributed by atoms with E-state index in [1.807, 2.05) is 0 Å². The Morgan fingerprint density at radius 2 is 2.50 bits per heavy atom. The summed E-state index contributed by atoms with van der Waals surface area (Å²) in [5, 5.41) is 0. The highest BCUT2D eigenvalue weighted by Crippen LogP contribution is 1.70. The van der Waals surface area contributed by atoms with Crippen LogP contribution in [0.5, 0.6) is 0 Å². The van der Waals surface area contributed by atoms with Gasteiger partial charge in [0.15, 0.2) is 0 Å². The van der Waals surface area contributed by atoms with Gasteiger partial charge < -0.3 is 4.84 Å². The molecule has 0 unspecified atom stereocenters. The molecular weight excluding hydrogens is 101 g/mol. The molecule has 0 aromatic heterocycles. The smallest absolute Gasteiger partial charge is 0.0817 e. The largest absolute Gasteiger partial charge is 0.301 e. The predicted molar refractivity (Wildman–Crippen MR) is 25.7 cm³/mol. The Morgan fingerprint density at radius 1 is 1.83 bits per heavy atom. The molecule has 0 aromatic rings. The Labute approximate surface area is 42.4 Å². The van der Waals surface area contributed by atoms with E-state index in [0.29, 0.717) is 12.5 Å². The van der Waals surface area contributed by atoms with E-state index in [4.69, 9.17) is 11.6 Å². The number of hydroxylamine groups is 1. The molecule has 0 atom stereocenters. The molecule has 3 heteroatoms. The van der Waals surface area contributed by atoms with E-state index in [-0.39, 0.29) is 0 Å². The topological polar surface area (TPSA) is 21.3 Å². The lowest BCUT2D eigenvalue weighted by molar-refractivity contribution is 0.0702. The van der Waals surface area contributed by atoms with Crippen LogP contribution in [0, 0.1) is 0 Å². The highest BCUT2D eigenvalue weighted by Gasteiger charge is 1.73. The number of halogens is 1. The van der Waals surface area contributed by atoms with Gasteiger partial charge in [-0.05, 0) is 0 Å². The highest BCUT2D eigenvalue weighted by atomic mass is 35.5. The second kappa shape index (κ2) is 5.21. The molecule has 1 N–H and O–H groups in total. The summed E-state index contributed by atoms with van der Waals surface area (Å²) in [5.74, 6) is 0.543. The Kier molecular flexibility index (Phi) is 5.39. The van der Waals surface area contributed by atoms with Gasteiger partial charge in [0.1, 0.15) is 0 Å². The standard InChI is InChI=1S/C3H8ClNO/c1-5-6-3-2-4/h5H,2-3H2,1H3. The van der Waals surface area contributed by atoms with Crippen molar-refractivity contribution < 1.29 is 4.84 Å². The van der Waals surface area contributed by atoms with Gasteiger partial charge in [0, 0.05) is 12.9 Å². The van der Waals surface area contributed by atoms with Crippen molar-refractivity contribution in [1.82, 2.24) is 5.48 Å². The van der Waals surface area contributed by atoms with Gasteiger partial charge in [-0.25, -0.2) is 5.48 Å². The van der Waals surface area contributed by atoms with E-state index in [1.54, 1.807) is 7.05 Å². The average Bonchev–Trinajstić information content (AvgIpc) is 1.61. The Hall–Kier alpha value is 0.210. The summed E-state index contributed by atoms with van der Waals surface area (Å²) in [6.07, 6.45) is 0. The summed E-state index contributed by atoms with van der Waals surface area (Å²) in [6, 6.07) is 0. The first kappa shape index (κ1) is 6.21. The Bertz CT molecular complexity index is 22.8. The fourth-order valence-corrected chi connectivity index (χ4v) is 0.218. The molecule has 0 aliphatic carbocycles. The molecular formula is C3H8ClNO. The second-order valence-electron chi connectivity index (χ2n) is 0.742. The van der Waals surface area contributed by atoms with Crippen LogP contribution in [-0.4, -0.2) is 19.5 Å². The molecule has 0 rings (SSSR count). The van der Waals surface area contributed by atoms with Gasteiger partial charge in [-0.15, -0.1) is 11.6 Å². The van der Waals surface area contributed by atoms with Crippen molar-refractivity contribution in [1.29, 1.82) is 0 Å².